The van der Waals surface area contributed by atoms with Crippen LogP contribution in [0.15, 0.2) is 30.3 Å². The maximum atomic E-state index is 8.31. The molecule has 0 aromatic heterocycles. The molecular formula is C11H11NO. The average Bonchev–Trinajstić information content (AvgIpc) is 2.19. The molecule has 0 fully saturated rings. The second-order valence-corrected chi connectivity index (χ2v) is 2.54. The van der Waals surface area contributed by atoms with Gasteiger partial charge in [0.2, 0.25) is 0 Å². The summed E-state index contributed by atoms with van der Waals surface area (Å²) in [5.74, 6) is 0.845. The lowest BCUT2D eigenvalue weighted by atomic mass is 10.2. The van der Waals surface area contributed by atoms with Gasteiger partial charge in [0.15, 0.2) is 0 Å². The molecule has 0 bridgehead atoms. The number of hydrogen-bond donors (Lipinski definition) is 0. The van der Waals surface area contributed by atoms with Gasteiger partial charge in [0.1, 0.15) is 5.75 Å². The van der Waals surface area contributed by atoms with Crippen LogP contribution in [0.3, 0.4) is 0 Å². The Morgan fingerprint density at radius 3 is 2.62 bits per heavy atom. The Bertz CT molecular complexity index is 319. The SMILES string of the molecule is COc1ccc(C=CCC#N)cc1. The molecule has 2 heteroatoms. The largest absolute Gasteiger partial charge is 0.497 e. The molecule has 0 saturated carbocycles. The van der Waals surface area contributed by atoms with Crippen LogP contribution >= 0.6 is 0 Å². The fourth-order valence-corrected chi connectivity index (χ4v) is 0.963. The first kappa shape index (κ1) is 9.34. The quantitative estimate of drug-likeness (QED) is 0.703. The summed E-state index contributed by atoms with van der Waals surface area (Å²) < 4.78 is 5.02. The van der Waals surface area contributed by atoms with E-state index in [1.165, 1.54) is 0 Å². The molecular weight excluding hydrogens is 162 g/mol. The lowest BCUT2D eigenvalue weighted by Crippen LogP contribution is -1.81. The maximum absolute atomic E-state index is 8.31. The summed E-state index contributed by atoms with van der Waals surface area (Å²) in [5.41, 5.74) is 1.08. The first-order valence-corrected chi connectivity index (χ1v) is 4.04. The van der Waals surface area contributed by atoms with Gasteiger partial charge in [-0.2, -0.15) is 5.26 Å². The Labute approximate surface area is 78.1 Å². The number of allylic oxidation sites excluding steroid dienone is 1. The van der Waals surface area contributed by atoms with Gasteiger partial charge in [0.25, 0.3) is 0 Å². The van der Waals surface area contributed by atoms with Crippen molar-refractivity contribution in [2.75, 3.05) is 7.11 Å². The number of nitrogens with zero attached hydrogens (tertiary/aromatic N) is 1. The Morgan fingerprint density at radius 2 is 2.08 bits per heavy atom. The van der Waals surface area contributed by atoms with Crippen LogP contribution in [0.4, 0.5) is 0 Å². The lowest BCUT2D eigenvalue weighted by molar-refractivity contribution is 0.415. The molecule has 0 atom stereocenters. The highest BCUT2D eigenvalue weighted by Gasteiger charge is 1.88. The molecule has 1 aromatic rings. The number of hydrogen-bond acceptors (Lipinski definition) is 2. The minimum atomic E-state index is 0.450. The lowest BCUT2D eigenvalue weighted by Gasteiger charge is -1.98. The highest BCUT2D eigenvalue weighted by Crippen LogP contribution is 2.12. The molecule has 2 nitrogen and oxygen atoms in total. The zero-order valence-electron chi connectivity index (χ0n) is 7.53. The van der Waals surface area contributed by atoms with E-state index < -0.39 is 0 Å². The van der Waals surface area contributed by atoms with E-state index in [0.717, 1.165) is 11.3 Å². The second kappa shape index (κ2) is 5.00. The van der Waals surface area contributed by atoms with Gasteiger partial charge < -0.3 is 4.74 Å². The number of ether oxygens (including phenoxy) is 1. The number of rotatable bonds is 3. The van der Waals surface area contributed by atoms with Crippen LogP contribution in [-0.4, -0.2) is 7.11 Å². The van der Waals surface area contributed by atoms with Gasteiger partial charge >= 0.3 is 0 Å². The summed E-state index contributed by atoms with van der Waals surface area (Å²) in [4.78, 5) is 0. The summed E-state index contributed by atoms with van der Waals surface area (Å²) >= 11 is 0. The molecule has 0 saturated heterocycles. The van der Waals surface area contributed by atoms with Crippen molar-refractivity contribution in [2.45, 2.75) is 6.42 Å². The monoisotopic (exact) mass is 173 g/mol. The minimum Gasteiger partial charge on any atom is -0.497 e. The average molecular weight is 173 g/mol. The Kier molecular flexibility index (Phi) is 3.59. The van der Waals surface area contributed by atoms with Crippen molar-refractivity contribution in [3.8, 4) is 11.8 Å². The molecule has 13 heavy (non-hydrogen) atoms. The molecule has 0 heterocycles. The second-order valence-electron chi connectivity index (χ2n) is 2.54. The van der Waals surface area contributed by atoms with E-state index in [1.54, 1.807) is 7.11 Å². The van der Waals surface area contributed by atoms with Crippen molar-refractivity contribution < 1.29 is 4.74 Å². The van der Waals surface area contributed by atoms with Gasteiger partial charge in [-0.1, -0.05) is 24.3 Å². The van der Waals surface area contributed by atoms with Crippen LogP contribution < -0.4 is 4.74 Å². The van der Waals surface area contributed by atoms with Gasteiger partial charge in [0, 0.05) is 0 Å². The number of methoxy groups -OCH3 is 1. The van der Waals surface area contributed by atoms with Crippen LogP contribution in [0.2, 0.25) is 0 Å². The highest BCUT2D eigenvalue weighted by atomic mass is 16.5. The van der Waals surface area contributed by atoms with E-state index in [2.05, 4.69) is 0 Å². The predicted octanol–water partition coefficient (Wildman–Crippen LogP) is 2.62. The zero-order valence-corrected chi connectivity index (χ0v) is 7.53. The van der Waals surface area contributed by atoms with Crippen LogP contribution in [0.5, 0.6) is 5.75 Å². The molecule has 0 amide bonds. The van der Waals surface area contributed by atoms with Crippen molar-refractivity contribution in [1.82, 2.24) is 0 Å². The van der Waals surface area contributed by atoms with E-state index in [0.29, 0.717) is 6.42 Å². The molecule has 1 aromatic carbocycles. The van der Waals surface area contributed by atoms with Gasteiger partial charge in [-0.25, -0.2) is 0 Å². The van der Waals surface area contributed by atoms with Crippen molar-refractivity contribution in [3.05, 3.63) is 35.9 Å². The predicted molar refractivity (Wildman–Crippen MR) is 52.3 cm³/mol. The summed E-state index contributed by atoms with van der Waals surface area (Å²) in [5, 5.41) is 8.31. The molecule has 0 radical (unpaired) electrons. The summed E-state index contributed by atoms with van der Waals surface area (Å²) in [6.45, 7) is 0. The standard InChI is InChI=1S/C11H11NO/c1-13-11-7-5-10(6-8-11)4-2-3-9-12/h2,4-8H,3H2,1H3. The first-order valence-electron chi connectivity index (χ1n) is 4.04. The highest BCUT2D eigenvalue weighted by molar-refractivity contribution is 5.50. The normalized spacial score (nSPS) is 9.85. The van der Waals surface area contributed by atoms with Crippen molar-refractivity contribution in [3.63, 3.8) is 0 Å². The van der Waals surface area contributed by atoms with Crippen LogP contribution in [-0.2, 0) is 0 Å². The van der Waals surface area contributed by atoms with Crippen molar-refractivity contribution in [2.24, 2.45) is 0 Å². The van der Waals surface area contributed by atoms with E-state index in [1.807, 2.05) is 42.5 Å². The molecule has 0 aliphatic rings. The maximum Gasteiger partial charge on any atom is 0.118 e. The zero-order chi connectivity index (χ0) is 9.52. The van der Waals surface area contributed by atoms with Gasteiger partial charge in [0.05, 0.1) is 19.6 Å². The third kappa shape index (κ3) is 3.00. The molecule has 0 N–H and O–H groups in total. The molecule has 1 rings (SSSR count). The van der Waals surface area contributed by atoms with Crippen molar-refractivity contribution in [1.29, 1.82) is 5.26 Å². The third-order valence-corrected chi connectivity index (χ3v) is 1.64. The smallest absolute Gasteiger partial charge is 0.118 e. The van der Waals surface area contributed by atoms with Gasteiger partial charge in [-0.3, -0.25) is 0 Å². The number of benzene rings is 1. The van der Waals surface area contributed by atoms with E-state index in [9.17, 15) is 0 Å². The molecule has 0 unspecified atom stereocenters. The van der Waals surface area contributed by atoms with Crippen LogP contribution in [0, 0.1) is 11.3 Å². The number of nitriles is 1. The van der Waals surface area contributed by atoms with Gasteiger partial charge in [-0.15, -0.1) is 0 Å². The summed E-state index contributed by atoms with van der Waals surface area (Å²) in [6.07, 6.45) is 4.20. The first-order chi connectivity index (χ1) is 6.36. The molecule has 0 aliphatic heterocycles. The molecule has 0 aliphatic carbocycles. The van der Waals surface area contributed by atoms with Gasteiger partial charge in [-0.05, 0) is 17.7 Å². The Hall–Kier alpha value is -1.75. The Balaban J connectivity index is 2.65. The van der Waals surface area contributed by atoms with E-state index >= 15 is 0 Å². The molecule has 0 spiro atoms. The topological polar surface area (TPSA) is 33.0 Å². The summed E-state index contributed by atoms with van der Waals surface area (Å²) in [6, 6.07) is 9.74. The summed E-state index contributed by atoms with van der Waals surface area (Å²) in [7, 11) is 1.64. The fraction of sp³-hybridized carbons (Fsp3) is 0.182. The van der Waals surface area contributed by atoms with Crippen molar-refractivity contribution >= 4 is 6.08 Å². The van der Waals surface area contributed by atoms with E-state index in [4.69, 9.17) is 10.00 Å². The van der Waals surface area contributed by atoms with Crippen LogP contribution in [0.25, 0.3) is 6.08 Å². The van der Waals surface area contributed by atoms with Crippen LogP contribution in [0.1, 0.15) is 12.0 Å². The molecule has 66 valence electrons. The minimum absolute atomic E-state index is 0.450. The fourth-order valence-electron chi connectivity index (χ4n) is 0.963. The van der Waals surface area contributed by atoms with E-state index in [-0.39, 0.29) is 0 Å². The third-order valence-electron chi connectivity index (χ3n) is 1.64. The Morgan fingerprint density at radius 1 is 1.38 bits per heavy atom.